The molecule has 0 aliphatic carbocycles. The highest BCUT2D eigenvalue weighted by Crippen LogP contribution is 2.46. The Morgan fingerprint density at radius 3 is 2.75 bits per heavy atom. The zero-order chi connectivity index (χ0) is 13.6. The highest BCUT2D eigenvalue weighted by Gasteiger charge is 2.51. The molecule has 110 valence electrons. The monoisotopic (exact) mass is 298 g/mol. The van der Waals surface area contributed by atoms with Crippen LogP contribution < -0.4 is 10.2 Å². The van der Waals surface area contributed by atoms with E-state index in [4.69, 9.17) is 0 Å². The maximum atomic E-state index is 13.6. The molecule has 0 aromatic heterocycles. The second-order valence-electron chi connectivity index (χ2n) is 5.79. The van der Waals surface area contributed by atoms with Crippen LogP contribution in [0.2, 0.25) is 0 Å². The van der Waals surface area contributed by atoms with Crippen LogP contribution in [-0.2, 0) is 10.2 Å². The summed E-state index contributed by atoms with van der Waals surface area (Å²) in [6.45, 7) is 5.55. The van der Waals surface area contributed by atoms with Gasteiger partial charge in [-0.2, -0.15) is 0 Å². The number of amides is 1. The molecule has 1 atom stereocenters. The Morgan fingerprint density at radius 2 is 2.15 bits per heavy atom. The maximum Gasteiger partial charge on any atom is 0.239 e. The second kappa shape index (κ2) is 5.34. The molecule has 1 N–H and O–H groups in total. The lowest BCUT2D eigenvalue weighted by atomic mass is 9.75. The van der Waals surface area contributed by atoms with E-state index in [2.05, 4.69) is 5.32 Å². The summed E-state index contributed by atoms with van der Waals surface area (Å²) in [5.74, 6) is -0.141. The number of hydrogen-bond acceptors (Lipinski definition) is 2. The van der Waals surface area contributed by atoms with Crippen molar-refractivity contribution in [3.8, 4) is 0 Å². The van der Waals surface area contributed by atoms with E-state index < -0.39 is 5.41 Å². The molecular formula is C15H20ClFN2O. The van der Waals surface area contributed by atoms with Crippen LogP contribution in [0.25, 0.3) is 0 Å². The lowest BCUT2D eigenvalue weighted by molar-refractivity contribution is -0.124. The summed E-state index contributed by atoms with van der Waals surface area (Å²) in [4.78, 5) is 14.7. The largest absolute Gasteiger partial charge is 0.315 e. The van der Waals surface area contributed by atoms with Crippen molar-refractivity contribution in [2.24, 2.45) is 0 Å². The van der Waals surface area contributed by atoms with Gasteiger partial charge in [0.1, 0.15) is 5.82 Å². The third-order valence-corrected chi connectivity index (χ3v) is 4.26. The van der Waals surface area contributed by atoms with Crippen molar-refractivity contribution in [1.29, 1.82) is 0 Å². The molecule has 0 radical (unpaired) electrons. The Morgan fingerprint density at radius 1 is 1.40 bits per heavy atom. The van der Waals surface area contributed by atoms with Gasteiger partial charge < -0.3 is 10.2 Å². The average molecular weight is 299 g/mol. The van der Waals surface area contributed by atoms with Gasteiger partial charge in [-0.3, -0.25) is 4.79 Å². The van der Waals surface area contributed by atoms with E-state index in [1.807, 2.05) is 18.7 Å². The Hall–Kier alpha value is -1.13. The third kappa shape index (κ3) is 2.02. The summed E-state index contributed by atoms with van der Waals surface area (Å²) in [6.07, 6.45) is 1.76. The molecule has 0 saturated carbocycles. The van der Waals surface area contributed by atoms with Crippen molar-refractivity contribution in [3.05, 3.63) is 29.6 Å². The van der Waals surface area contributed by atoms with Crippen LogP contribution in [0.1, 0.15) is 32.3 Å². The van der Waals surface area contributed by atoms with Crippen LogP contribution in [0, 0.1) is 5.82 Å². The van der Waals surface area contributed by atoms with Gasteiger partial charge in [-0.1, -0.05) is 0 Å². The van der Waals surface area contributed by atoms with Gasteiger partial charge in [-0.15, -0.1) is 12.4 Å². The molecule has 1 spiro atoms. The number of anilines is 1. The fourth-order valence-corrected chi connectivity index (χ4v) is 3.39. The minimum Gasteiger partial charge on any atom is -0.315 e. The van der Waals surface area contributed by atoms with Gasteiger partial charge in [0.05, 0.1) is 5.41 Å². The number of benzene rings is 1. The average Bonchev–Trinajstić information content (AvgIpc) is 2.61. The van der Waals surface area contributed by atoms with Gasteiger partial charge in [0.2, 0.25) is 5.91 Å². The molecule has 2 heterocycles. The fourth-order valence-electron chi connectivity index (χ4n) is 3.39. The minimum absolute atomic E-state index is 0. The van der Waals surface area contributed by atoms with Crippen molar-refractivity contribution in [1.82, 2.24) is 5.32 Å². The molecule has 3 rings (SSSR count). The number of nitrogens with one attached hydrogen (secondary N) is 1. The predicted octanol–water partition coefficient (Wildman–Crippen LogP) is 2.62. The molecule has 1 fully saturated rings. The smallest absolute Gasteiger partial charge is 0.239 e. The van der Waals surface area contributed by atoms with E-state index in [0.29, 0.717) is 6.54 Å². The second-order valence-corrected chi connectivity index (χ2v) is 5.79. The molecule has 0 bridgehead atoms. The summed E-state index contributed by atoms with van der Waals surface area (Å²) in [6, 6.07) is 4.82. The van der Waals surface area contributed by atoms with Gasteiger partial charge in [-0.05, 0) is 57.0 Å². The van der Waals surface area contributed by atoms with Gasteiger partial charge in [0.15, 0.2) is 0 Å². The number of piperidine rings is 1. The van der Waals surface area contributed by atoms with E-state index in [1.54, 1.807) is 12.1 Å². The van der Waals surface area contributed by atoms with Gasteiger partial charge in [-0.25, -0.2) is 4.39 Å². The number of carbonyl (C=O) groups is 1. The zero-order valence-electron chi connectivity index (χ0n) is 11.8. The van der Waals surface area contributed by atoms with Crippen molar-refractivity contribution in [2.45, 2.75) is 38.1 Å². The number of carbonyl (C=O) groups excluding carboxylic acids is 1. The molecule has 1 saturated heterocycles. The molecule has 20 heavy (non-hydrogen) atoms. The Balaban J connectivity index is 0.00000147. The first kappa shape index (κ1) is 15.3. The van der Waals surface area contributed by atoms with Crippen molar-refractivity contribution >= 4 is 24.0 Å². The minimum atomic E-state index is -0.556. The topological polar surface area (TPSA) is 32.3 Å². The third-order valence-electron chi connectivity index (χ3n) is 4.26. The summed E-state index contributed by atoms with van der Waals surface area (Å²) < 4.78 is 13.6. The number of nitrogens with zero attached hydrogens (tertiary/aromatic N) is 1. The molecule has 1 aromatic carbocycles. The normalized spacial score (nSPS) is 25.0. The van der Waals surface area contributed by atoms with E-state index in [9.17, 15) is 9.18 Å². The molecule has 2 aliphatic rings. The molecule has 3 nitrogen and oxygen atoms in total. The maximum absolute atomic E-state index is 13.6. The number of fused-ring (bicyclic) bond motifs is 2. The number of hydrogen-bond donors (Lipinski definition) is 1. The van der Waals surface area contributed by atoms with E-state index >= 15 is 0 Å². The molecule has 2 aliphatic heterocycles. The van der Waals surface area contributed by atoms with Crippen molar-refractivity contribution in [2.75, 3.05) is 18.0 Å². The number of rotatable bonds is 1. The lowest BCUT2D eigenvalue weighted by Crippen LogP contribution is -2.51. The predicted molar refractivity (Wildman–Crippen MR) is 80.1 cm³/mol. The van der Waals surface area contributed by atoms with Crippen LogP contribution in [0.5, 0.6) is 0 Å². The van der Waals surface area contributed by atoms with Gasteiger partial charge in [0.25, 0.3) is 0 Å². The van der Waals surface area contributed by atoms with Crippen molar-refractivity contribution < 1.29 is 9.18 Å². The summed E-state index contributed by atoms with van der Waals surface area (Å²) >= 11 is 0. The highest BCUT2D eigenvalue weighted by atomic mass is 35.5. The van der Waals surface area contributed by atoms with Crippen LogP contribution in [0.4, 0.5) is 10.1 Å². The van der Waals surface area contributed by atoms with Gasteiger partial charge >= 0.3 is 0 Å². The van der Waals surface area contributed by atoms with E-state index in [0.717, 1.165) is 30.6 Å². The molecular weight excluding hydrogens is 279 g/mol. The molecule has 1 amide bonds. The van der Waals surface area contributed by atoms with Crippen LogP contribution in [-0.4, -0.2) is 25.0 Å². The molecule has 1 aromatic rings. The quantitative estimate of drug-likeness (QED) is 0.864. The SMILES string of the molecule is CC(C)N1C(=O)C2(CCCNC2)c2cc(F)ccc21.Cl. The van der Waals surface area contributed by atoms with Gasteiger partial charge in [0, 0.05) is 18.3 Å². The molecule has 1 unspecified atom stereocenters. The van der Waals surface area contributed by atoms with Crippen molar-refractivity contribution in [3.63, 3.8) is 0 Å². The molecule has 5 heteroatoms. The number of halogens is 2. The lowest BCUT2D eigenvalue weighted by Gasteiger charge is -2.33. The summed E-state index contributed by atoms with van der Waals surface area (Å²) in [5.41, 5.74) is 1.18. The van der Waals surface area contributed by atoms with Crippen LogP contribution in [0.3, 0.4) is 0 Å². The van der Waals surface area contributed by atoms with Crippen LogP contribution in [0.15, 0.2) is 18.2 Å². The van der Waals surface area contributed by atoms with E-state index in [1.165, 1.54) is 6.07 Å². The zero-order valence-corrected chi connectivity index (χ0v) is 12.6. The summed E-state index contributed by atoms with van der Waals surface area (Å²) in [5, 5.41) is 3.30. The fraction of sp³-hybridized carbons (Fsp3) is 0.533. The Kier molecular flexibility index (Phi) is 4.07. The standard InChI is InChI=1S/C15H19FN2O.ClH/c1-10(2)18-13-5-4-11(16)8-12(13)15(14(18)19)6-3-7-17-9-15;/h4-5,8,10,17H,3,6-7,9H2,1-2H3;1H. The first-order valence-electron chi connectivity index (χ1n) is 6.91. The first-order valence-corrected chi connectivity index (χ1v) is 6.91. The highest BCUT2D eigenvalue weighted by molar-refractivity contribution is 6.08. The summed E-state index contributed by atoms with van der Waals surface area (Å²) in [7, 11) is 0. The van der Waals surface area contributed by atoms with Crippen LogP contribution >= 0.6 is 12.4 Å². The first-order chi connectivity index (χ1) is 9.06. The van der Waals surface area contributed by atoms with E-state index in [-0.39, 0.29) is 30.2 Å². The Bertz CT molecular complexity index is 527. The Labute approximate surface area is 124 Å².